The minimum atomic E-state index is -0.294. The molecule has 3 N–H and O–H groups in total. The summed E-state index contributed by atoms with van der Waals surface area (Å²) in [5.74, 6) is -0.294. The van der Waals surface area contributed by atoms with Gasteiger partial charge in [-0.3, -0.25) is 9.48 Å². The number of rotatable bonds is 3. The van der Waals surface area contributed by atoms with E-state index < -0.39 is 0 Å². The van der Waals surface area contributed by atoms with Crippen LogP contribution in [-0.2, 0) is 13.5 Å². The summed E-state index contributed by atoms with van der Waals surface area (Å²) >= 11 is 0. The van der Waals surface area contributed by atoms with Crippen LogP contribution in [-0.4, -0.2) is 15.7 Å². The molecule has 0 bridgehead atoms. The van der Waals surface area contributed by atoms with E-state index in [9.17, 15) is 4.79 Å². The molecule has 2 aromatic rings. The van der Waals surface area contributed by atoms with E-state index in [1.54, 1.807) is 13.2 Å². The zero-order valence-electron chi connectivity index (χ0n) is 10.5. The van der Waals surface area contributed by atoms with E-state index in [0.29, 0.717) is 5.69 Å². The highest BCUT2D eigenvalue weighted by Gasteiger charge is 2.13. The molecule has 18 heavy (non-hydrogen) atoms. The quantitative estimate of drug-likeness (QED) is 0.865. The van der Waals surface area contributed by atoms with Gasteiger partial charge in [0.25, 0.3) is 5.91 Å². The van der Waals surface area contributed by atoms with Crippen molar-refractivity contribution < 1.29 is 4.79 Å². The van der Waals surface area contributed by atoms with Gasteiger partial charge in [-0.05, 0) is 24.1 Å². The molecule has 1 aromatic carbocycles. The van der Waals surface area contributed by atoms with E-state index in [-0.39, 0.29) is 11.6 Å². The van der Waals surface area contributed by atoms with E-state index in [1.165, 1.54) is 10.2 Å². The number of nitrogens with zero attached hydrogens (tertiary/aromatic N) is 2. The lowest BCUT2D eigenvalue weighted by Crippen LogP contribution is -2.14. The number of aromatic nitrogens is 2. The van der Waals surface area contributed by atoms with E-state index in [2.05, 4.69) is 17.3 Å². The number of hydrogen-bond donors (Lipinski definition) is 2. The second-order valence-corrected chi connectivity index (χ2v) is 4.11. The number of anilines is 2. The maximum atomic E-state index is 11.9. The summed E-state index contributed by atoms with van der Waals surface area (Å²) in [4.78, 5) is 11.9. The van der Waals surface area contributed by atoms with Gasteiger partial charge in [-0.1, -0.05) is 19.1 Å². The Morgan fingerprint density at radius 1 is 1.39 bits per heavy atom. The third kappa shape index (κ3) is 2.51. The van der Waals surface area contributed by atoms with Crippen molar-refractivity contribution in [3.63, 3.8) is 0 Å². The van der Waals surface area contributed by atoms with E-state index in [1.807, 2.05) is 24.3 Å². The Labute approximate surface area is 106 Å². The van der Waals surface area contributed by atoms with Crippen molar-refractivity contribution in [2.24, 2.45) is 7.05 Å². The highest BCUT2D eigenvalue weighted by Crippen LogP contribution is 2.14. The van der Waals surface area contributed by atoms with Crippen molar-refractivity contribution in [3.8, 4) is 0 Å². The molecule has 0 spiro atoms. The SMILES string of the molecule is CCc1ccc(NC(=O)c2nn(C)cc2N)cc1. The first-order valence-corrected chi connectivity index (χ1v) is 5.79. The lowest BCUT2D eigenvalue weighted by Gasteiger charge is -2.04. The molecule has 0 aliphatic heterocycles. The van der Waals surface area contributed by atoms with Crippen LogP contribution in [0.25, 0.3) is 0 Å². The van der Waals surface area contributed by atoms with Gasteiger partial charge in [0.1, 0.15) is 0 Å². The summed E-state index contributed by atoms with van der Waals surface area (Å²) in [6.45, 7) is 2.09. The smallest absolute Gasteiger partial charge is 0.278 e. The largest absolute Gasteiger partial charge is 0.396 e. The second kappa shape index (κ2) is 4.91. The maximum absolute atomic E-state index is 11.9. The Hall–Kier alpha value is -2.30. The topological polar surface area (TPSA) is 72.9 Å². The lowest BCUT2D eigenvalue weighted by molar-refractivity contribution is 0.102. The number of carbonyl (C=O) groups is 1. The second-order valence-electron chi connectivity index (χ2n) is 4.11. The number of benzene rings is 1. The Balaban J connectivity index is 2.13. The van der Waals surface area contributed by atoms with Crippen LogP contribution >= 0.6 is 0 Å². The molecule has 5 heteroatoms. The first-order chi connectivity index (χ1) is 8.60. The number of aryl methyl sites for hydroxylation is 2. The summed E-state index contributed by atoms with van der Waals surface area (Å²) in [6, 6.07) is 7.71. The molecule has 1 heterocycles. The van der Waals surface area contributed by atoms with Gasteiger partial charge in [-0.25, -0.2) is 0 Å². The van der Waals surface area contributed by atoms with E-state index in [4.69, 9.17) is 5.73 Å². The van der Waals surface area contributed by atoms with Crippen molar-refractivity contribution >= 4 is 17.3 Å². The van der Waals surface area contributed by atoms with Crippen LogP contribution in [0.2, 0.25) is 0 Å². The first kappa shape index (κ1) is 12.2. The Bertz CT molecular complexity index is 557. The number of nitrogens with one attached hydrogen (secondary N) is 1. The molecule has 94 valence electrons. The number of nitrogen functional groups attached to an aromatic ring is 1. The fourth-order valence-electron chi connectivity index (χ4n) is 1.70. The molecular formula is C13H16N4O. The maximum Gasteiger partial charge on any atom is 0.278 e. The lowest BCUT2D eigenvalue weighted by atomic mass is 10.1. The molecule has 0 saturated carbocycles. The number of carbonyl (C=O) groups excluding carboxylic acids is 1. The molecule has 0 fully saturated rings. The molecule has 1 amide bonds. The molecule has 1 aromatic heterocycles. The summed E-state index contributed by atoms with van der Waals surface area (Å²) in [7, 11) is 1.73. The monoisotopic (exact) mass is 244 g/mol. The summed E-state index contributed by atoms with van der Waals surface area (Å²) in [5.41, 5.74) is 8.29. The van der Waals surface area contributed by atoms with Crippen molar-refractivity contribution in [1.82, 2.24) is 9.78 Å². The highest BCUT2D eigenvalue weighted by molar-refractivity contribution is 6.06. The van der Waals surface area contributed by atoms with Gasteiger partial charge >= 0.3 is 0 Å². The van der Waals surface area contributed by atoms with Gasteiger partial charge in [-0.15, -0.1) is 0 Å². The predicted octanol–water partition coefficient (Wildman–Crippen LogP) is 1.82. The Kier molecular flexibility index (Phi) is 3.32. The Morgan fingerprint density at radius 2 is 2.06 bits per heavy atom. The zero-order valence-corrected chi connectivity index (χ0v) is 10.5. The van der Waals surface area contributed by atoms with Crippen LogP contribution in [0.15, 0.2) is 30.5 Å². The van der Waals surface area contributed by atoms with Crippen LogP contribution < -0.4 is 11.1 Å². The van der Waals surface area contributed by atoms with Gasteiger partial charge in [0.15, 0.2) is 5.69 Å². The molecule has 5 nitrogen and oxygen atoms in total. The summed E-state index contributed by atoms with van der Waals surface area (Å²) in [6.07, 6.45) is 2.58. The number of nitrogens with two attached hydrogens (primary N) is 1. The molecule has 0 radical (unpaired) electrons. The van der Waals surface area contributed by atoms with Gasteiger partial charge in [0.2, 0.25) is 0 Å². The van der Waals surface area contributed by atoms with Gasteiger partial charge in [0, 0.05) is 18.9 Å². The van der Waals surface area contributed by atoms with Crippen molar-refractivity contribution in [3.05, 3.63) is 41.7 Å². The normalized spacial score (nSPS) is 10.3. The third-order valence-electron chi connectivity index (χ3n) is 2.69. The average Bonchev–Trinajstić information content (AvgIpc) is 2.69. The van der Waals surface area contributed by atoms with Crippen LogP contribution in [0.5, 0.6) is 0 Å². The average molecular weight is 244 g/mol. The molecule has 2 rings (SSSR count). The van der Waals surface area contributed by atoms with Gasteiger partial charge in [-0.2, -0.15) is 5.10 Å². The van der Waals surface area contributed by atoms with E-state index in [0.717, 1.165) is 12.1 Å². The fourth-order valence-corrected chi connectivity index (χ4v) is 1.70. The zero-order chi connectivity index (χ0) is 13.1. The molecular weight excluding hydrogens is 228 g/mol. The minimum Gasteiger partial charge on any atom is -0.396 e. The standard InChI is InChI=1S/C13H16N4O/c1-3-9-4-6-10(7-5-9)15-13(18)12-11(14)8-17(2)16-12/h4-8H,3,14H2,1-2H3,(H,15,18). The van der Waals surface area contributed by atoms with E-state index >= 15 is 0 Å². The number of amides is 1. The molecule has 0 unspecified atom stereocenters. The van der Waals surface area contributed by atoms with Crippen LogP contribution in [0.1, 0.15) is 23.0 Å². The fraction of sp³-hybridized carbons (Fsp3) is 0.231. The molecule has 0 atom stereocenters. The third-order valence-corrected chi connectivity index (χ3v) is 2.69. The van der Waals surface area contributed by atoms with Crippen molar-refractivity contribution in [1.29, 1.82) is 0 Å². The van der Waals surface area contributed by atoms with Crippen LogP contribution in [0.4, 0.5) is 11.4 Å². The van der Waals surface area contributed by atoms with Gasteiger partial charge in [0.05, 0.1) is 5.69 Å². The molecule has 0 aliphatic rings. The minimum absolute atomic E-state index is 0.247. The number of hydrogen-bond acceptors (Lipinski definition) is 3. The Morgan fingerprint density at radius 3 is 2.56 bits per heavy atom. The first-order valence-electron chi connectivity index (χ1n) is 5.79. The molecule has 0 aliphatic carbocycles. The van der Waals surface area contributed by atoms with Gasteiger partial charge < -0.3 is 11.1 Å². The van der Waals surface area contributed by atoms with Crippen molar-refractivity contribution in [2.75, 3.05) is 11.1 Å². The summed E-state index contributed by atoms with van der Waals surface area (Å²) < 4.78 is 1.52. The highest BCUT2D eigenvalue weighted by atomic mass is 16.2. The van der Waals surface area contributed by atoms with Crippen molar-refractivity contribution in [2.45, 2.75) is 13.3 Å². The predicted molar refractivity (Wildman–Crippen MR) is 71.4 cm³/mol. The van der Waals surface area contributed by atoms with Crippen LogP contribution in [0, 0.1) is 0 Å². The summed E-state index contributed by atoms with van der Waals surface area (Å²) in [5, 5.41) is 6.79. The van der Waals surface area contributed by atoms with Crippen LogP contribution in [0.3, 0.4) is 0 Å². The molecule has 0 saturated heterocycles.